The predicted octanol–water partition coefficient (Wildman–Crippen LogP) is 2.70. The third-order valence-electron chi connectivity index (χ3n) is 5.99. The highest BCUT2D eigenvalue weighted by molar-refractivity contribution is 7.89. The van der Waals surface area contributed by atoms with Gasteiger partial charge in [0.2, 0.25) is 10.0 Å². The third kappa shape index (κ3) is 4.46. The highest BCUT2D eigenvalue weighted by atomic mass is 32.2. The van der Waals surface area contributed by atoms with Gasteiger partial charge >= 0.3 is 0 Å². The predicted molar refractivity (Wildman–Crippen MR) is 117 cm³/mol. The summed E-state index contributed by atoms with van der Waals surface area (Å²) in [6.07, 6.45) is 3.35. The van der Waals surface area contributed by atoms with E-state index < -0.39 is 10.0 Å². The lowest BCUT2D eigenvalue weighted by Gasteiger charge is -2.26. The molecule has 0 saturated carbocycles. The van der Waals surface area contributed by atoms with Crippen LogP contribution in [0.1, 0.15) is 46.4 Å². The van der Waals surface area contributed by atoms with Crippen molar-refractivity contribution in [3.05, 3.63) is 58.7 Å². The van der Waals surface area contributed by atoms with E-state index in [1.165, 1.54) is 47.2 Å². The first-order chi connectivity index (χ1) is 14.9. The van der Waals surface area contributed by atoms with E-state index in [4.69, 9.17) is 9.47 Å². The molecule has 31 heavy (non-hydrogen) atoms. The monoisotopic (exact) mass is 444 g/mol. The molecule has 1 amide bonds. The lowest BCUT2D eigenvalue weighted by Crippen LogP contribution is -2.40. The lowest BCUT2D eigenvalue weighted by molar-refractivity contribution is 0.0730. The van der Waals surface area contributed by atoms with Crippen LogP contribution in [0.5, 0.6) is 5.75 Å². The molecule has 1 aliphatic carbocycles. The van der Waals surface area contributed by atoms with E-state index >= 15 is 0 Å². The van der Waals surface area contributed by atoms with Crippen LogP contribution in [0.2, 0.25) is 0 Å². The molecule has 2 aromatic rings. The number of amides is 1. The molecule has 2 aromatic carbocycles. The van der Waals surface area contributed by atoms with Gasteiger partial charge in [-0.05, 0) is 61.1 Å². The number of benzene rings is 2. The second-order valence-corrected chi connectivity index (χ2v) is 9.89. The molecule has 1 N–H and O–H groups in total. The first-order valence-corrected chi connectivity index (χ1v) is 12.0. The Labute approximate surface area is 183 Å². The Morgan fingerprint density at radius 1 is 1.10 bits per heavy atom. The molecule has 1 fully saturated rings. The number of hydrogen-bond donors (Lipinski definition) is 1. The summed E-state index contributed by atoms with van der Waals surface area (Å²) in [5.74, 6) is -0.0385. The number of nitrogens with zero attached hydrogens (tertiary/aromatic N) is 1. The van der Waals surface area contributed by atoms with Crippen molar-refractivity contribution in [1.82, 2.24) is 9.62 Å². The van der Waals surface area contributed by atoms with Gasteiger partial charge in [-0.2, -0.15) is 4.31 Å². The molecule has 2 aliphatic rings. The van der Waals surface area contributed by atoms with Crippen LogP contribution >= 0.6 is 0 Å². The Kier molecular flexibility index (Phi) is 6.31. The van der Waals surface area contributed by atoms with Crippen molar-refractivity contribution < 1.29 is 22.7 Å². The first kappa shape index (κ1) is 21.8. The average molecular weight is 445 g/mol. The number of carbonyl (C=O) groups is 1. The van der Waals surface area contributed by atoms with Gasteiger partial charge in [-0.15, -0.1) is 0 Å². The minimum absolute atomic E-state index is 0.0746. The zero-order valence-corrected chi connectivity index (χ0v) is 18.7. The molecule has 0 radical (unpaired) electrons. The maximum Gasteiger partial charge on any atom is 0.255 e. The Bertz CT molecular complexity index is 1080. The highest BCUT2D eigenvalue weighted by Crippen LogP contribution is 2.28. The van der Waals surface area contributed by atoms with Crippen LogP contribution in [0, 0.1) is 0 Å². The molecule has 1 saturated heterocycles. The number of aryl methyl sites for hydroxylation is 2. The summed E-state index contributed by atoms with van der Waals surface area (Å²) in [5, 5.41) is 2.99. The molecule has 1 atom stereocenters. The summed E-state index contributed by atoms with van der Waals surface area (Å²) in [4.78, 5) is 13.2. The van der Waals surface area contributed by atoms with Gasteiger partial charge in [0, 0.05) is 13.1 Å². The second kappa shape index (κ2) is 8.98. The van der Waals surface area contributed by atoms with Gasteiger partial charge in [-0.25, -0.2) is 8.42 Å². The summed E-state index contributed by atoms with van der Waals surface area (Å²) in [6.45, 7) is 3.24. The summed E-state index contributed by atoms with van der Waals surface area (Å²) in [6, 6.07) is 10.5. The van der Waals surface area contributed by atoms with Gasteiger partial charge in [0.1, 0.15) is 5.75 Å². The summed E-state index contributed by atoms with van der Waals surface area (Å²) in [5.41, 5.74) is 3.95. The Morgan fingerprint density at radius 3 is 2.58 bits per heavy atom. The maximum atomic E-state index is 13.1. The fourth-order valence-electron chi connectivity index (χ4n) is 4.18. The number of methoxy groups -OCH3 is 1. The number of nitrogens with one attached hydrogen (secondary N) is 1. The molecule has 0 aromatic heterocycles. The smallest absolute Gasteiger partial charge is 0.255 e. The fraction of sp³-hybridized carbons (Fsp3) is 0.435. The van der Waals surface area contributed by atoms with E-state index in [9.17, 15) is 13.2 Å². The summed E-state index contributed by atoms with van der Waals surface area (Å²) >= 11 is 0. The lowest BCUT2D eigenvalue weighted by atomic mass is 10.0. The van der Waals surface area contributed by atoms with Crippen molar-refractivity contribution in [3.63, 3.8) is 0 Å². The number of fused-ring (bicyclic) bond motifs is 1. The molecule has 1 aliphatic heterocycles. The third-order valence-corrected chi connectivity index (χ3v) is 7.89. The van der Waals surface area contributed by atoms with E-state index in [1.807, 2.05) is 13.0 Å². The fourth-order valence-corrected chi connectivity index (χ4v) is 5.61. The van der Waals surface area contributed by atoms with Crippen LogP contribution < -0.4 is 10.1 Å². The van der Waals surface area contributed by atoms with Crippen molar-refractivity contribution in [2.75, 3.05) is 33.4 Å². The van der Waals surface area contributed by atoms with E-state index in [0.717, 1.165) is 18.4 Å². The van der Waals surface area contributed by atoms with Crippen LogP contribution in [0.4, 0.5) is 0 Å². The van der Waals surface area contributed by atoms with Crippen molar-refractivity contribution in [2.45, 2.75) is 37.1 Å². The van der Waals surface area contributed by atoms with Crippen LogP contribution in [0.15, 0.2) is 41.3 Å². The largest absolute Gasteiger partial charge is 0.496 e. The van der Waals surface area contributed by atoms with E-state index in [2.05, 4.69) is 17.4 Å². The van der Waals surface area contributed by atoms with Crippen LogP contribution in [-0.2, 0) is 27.6 Å². The summed E-state index contributed by atoms with van der Waals surface area (Å²) in [7, 11) is -2.25. The molecule has 1 heterocycles. The topological polar surface area (TPSA) is 84.9 Å². The molecule has 0 bridgehead atoms. The van der Waals surface area contributed by atoms with E-state index in [1.54, 1.807) is 0 Å². The molecule has 1 unspecified atom stereocenters. The normalized spacial score (nSPS) is 17.7. The molecule has 4 rings (SSSR count). The molecule has 0 spiro atoms. The van der Waals surface area contributed by atoms with Crippen LogP contribution in [-0.4, -0.2) is 52.0 Å². The minimum atomic E-state index is -3.71. The van der Waals surface area contributed by atoms with Gasteiger partial charge < -0.3 is 14.8 Å². The Balaban J connectivity index is 1.57. The molecule has 8 heteroatoms. The van der Waals surface area contributed by atoms with Crippen LogP contribution in [0.25, 0.3) is 0 Å². The number of rotatable bonds is 6. The average Bonchev–Trinajstić information content (AvgIpc) is 3.27. The summed E-state index contributed by atoms with van der Waals surface area (Å²) < 4.78 is 38.0. The quantitative estimate of drug-likeness (QED) is 0.741. The van der Waals surface area contributed by atoms with E-state index in [-0.39, 0.29) is 22.4 Å². The minimum Gasteiger partial charge on any atom is -0.496 e. The number of morpholine rings is 1. The van der Waals surface area contributed by atoms with Crippen molar-refractivity contribution in [3.8, 4) is 5.75 Å². The van der Waals surface area contributed by atoms with Gasteiger partial charge in [0.15, 0.2) is 0 Å². The van der Waals surface area contributed by atoms with Gasteiger partial charge in [-0.3, -0.25) is 4.79 Å². The Morgan fingerprint density at radius 2 is 1.84 bits per heavy atom. The Hall–Kier alpha value is -2.42. The van der Waals surface area contributed by atoms with Crippen LogP contribution in [0.3, 0.4) is 0 Å². The first-order valence-electron chi connectivity index (χ1n) is 10.6. The standard InChI is InChI=1S/C23H28N2O5S/c1-16(18-7-6-17-4-3-5-19(17)14-18)24-23(26)21-15-20(8-9-22(21)29-2)31(27,28)25-10-12-30-13-11-25/h6-9,14-16H,3-5,10-13H2,1-2H3,(H,24,26). The SMILES string of the molecule is COc1ccc(S(=O)(=O)N2CCOCC2)cc1C(=O)NC(C)c1ccc2c(c1)CCC2. The van der Waals surface area contributed by atoms with Crippen molar-refractivity contribution >= 4 is 15.9 Å². The number of carbonyl (C=O) groups excluding carboxylic acids is 1. The van der Waals surface area contributed by atoms with Crippen molar-refractivity contribution in [1.29, 1.82) is 0 Å². The van der Waals surface area contributed by atoms with E-state index in [0.29, 0.717) is 32.1 Å². The van der Waals surface area contributed by atoms with Gasteiger partial charge in [0.25, 0.3) is 5.91 Å². The molecular weight excluding hydrogens is 416 g/mol. The van der Waals surface area contributed by atoms with Gasteiger partial charge in [-0.1, -0.05) is 18.2 Å². The zero-order chi connectivity index (χ0) is 22.0. The number of ether oxygens (including phenoxy) is 2. The zero-order valence-electron chi connectivity index (χ0n) is 17.9. The van der Waals surface area contributed by atoms with Crippen molar-refractivity contribution in [2.24, 2.45) is 0 Å². The maximum absolute atomic E-state index is 13.1. The second-order valence-electron chi connectivity index (χ2n) is 7.96. The number of sulfonamides is 1. The molecular formula is C23H28N2O5S. The highest BCUT2D eigenvalue weighted by Gasteiger charge is 2.28. The molecule has 7 nitrogen and oxygen atoms in total. The number of hydrogen-bond acceptors (Lipinski definition) is 5. The molecule has 166 valence electrons. The van der Waals surface area contributed by atoms with Gasteiger partial charge in [0.05, 0.1) is 36.8 Å².